The second-order valence-electron chi connectivity index (χ2n) is 4.93. The van der Waals surface area contributed by atoms with E-state index >= 15 is 0 Å². The average Bonchev–Trinajstić information content (AvgIpc) is 2.74. The van der Waals surface area contributed by atoms with Gasteiger partial charge in [0, 0.05) is 19.1 Å². The number of halogens is 1. The lowest BCUT2D eigenvalue weighted by Crippen LogP contribution is -2.37. The maximum atomic E-state index is 3.54. The van der Waals surface area contributed by atoms with Crippen LogP contribution in [0.1, 0.15) is 38.7 Å². The zero-order valence-electron chi connectivity index (χ0n) is 11.7. The highest BCUT2D eigenvalue weighted by Crippen LogP contribution is 2.21. The standard InChI is InChI=1S/C14H25BrN2S/c1-4-5-6-7-16-9-12(2)17(3)10-13-8-14(15)18-11-13/h8,11-12,16H,4-7,9-10H2,1-3H3. The van der Waals surface area contributed by atoms with E-state index in [-0.39, 0.29) is 0 Å². The zero-order valence-corrected chi connectivity index (χ0v) is 14.1. The first-order valence-corrected chi connectivity index (χ1v) is 8.44. The van der Waals surface area contributed by atoms with Crippen molar-refractivity contribution >= 4 is 27.3 Å². The molecule has 0 spiro atoms. The molecular weight excluding hydrogens is 308 g/mol. The van der Waals surface area contributed by atoms with Crippen molar-refractivity contribution in [3.05, 3.63) is 20.8 Å². The molecule has 0 saturated carbocycles. The molecule has 0 aliphatic rings. The van der Waals surface area contributed by atoms with Gasteiger partial charge in [0.05, 0.1) is 3.79 Å². The lowest BCUT2D eigenvalue weighted by molar-refractivity contribution is 0.243. The molecule has 104 valence electrons. The maximum Gasteiger partial charge on any atom is 0.0701 e. The third kappa shape index (κ3) is 6.32. The number of thiophene rings is 1. The fourth-order valence-corrected chi connectivity index (χ4v) is 3.04. The molecule has 1 aromatic rings. The molecule has 1 heterocycles. The van der Waals surface area contributed by atoms with E-state index in [1.54, 1.807) is 11.3 Å². The molecule has 1 atom stereocenters. The Balaban J connectivity index is 2.18. The number of hydrogen-bond donors (Lipinski definition) is 1. The van der Waals surface area contributed by atoms with Gasteiger partial charge in [-0.25, -0.2) is 0 Å². The number of hydrogen-bond acceptors (Lipinski definition) is 3. The van der Waals surface area contributed by atoms with Crippen molar-refractivity contribution in [2.45, 2.75) is 45.7 Å². The molecule has 0 aliphatic carbocycles. The largest absolute Gasteiger partial charge is 0.315 e. The highest BCUT2D eigenvalue weighted by Gasteiger charge is 2.09. The van der Waals surface area contributed by atoms with Gasteiger partial charge in [0.15, 0.2) is 0 Å². The molecule has 0 bridgehead atoms. The second-order valence-corrected chi connectivity index (χ2v) is 7.22. The first-order chi connectivity index (χ1) is 8.63. The van der Waals surface area contributed by atoms with Crippen LogP contribution in [-0.2, 0) is 6.54 Å². The van der Waals surface area contributed by atoms with Crippen molar-refractivity contribution in [3.8, 4) is 0 Å². The van der Waals surface area contributed by atoms with Gasteiger partial charge >= 0.3 is 0 Å². The Labute approximate surface area is 124 Å². The van der Waals surface area contributed by atoms with Crippen molar-refractivity contribution < 1.29 is 0 Å². The lowest BCUT2D eigenvalue weighted by atomic mass is 10.2. The van der Waals surface area contributed by atoms with Gasteiger partial charge in [0.25, 0.3) is 0 Å². The van der Waals surface area contributed by atoms with Crippen LogP contribution in [-0.4, -0.2) is 31.1 Å². The number of likely N-dealkylation sites (N-methyl/N-ethyl adjacent to an activating group) is 1. The molecule has 0 radical (unpaired) electrons. The van der Waals surface area contributed by atoms with E-state index in [2.05, 4.69) is 58.5 Å². The van der Waals surface area contributed by atoms with E-state index in [1.165, 1.54) is 28.6 Å². The monoisotopic (exact) mass is 332 g/mol. The zero-order chi connectivity index (χ0) is 13.4. The van der Waals surface area contributed by atoms with E-state index < -0.39 is 0 Å². The topological polar surface area (TPSA) is 15.3 Å². The molecule has 0 fully saturated rings. The van der Waals surface area contributed by atoms with E-state index in [4.69, 9.17) is 0 Å². The molecule has 2 nitrogen and oxygen atoms in total. The van der Waals surface area contributed by atoms with E-state index in [0.717, 1.165) is 19.6 Å². The van der Waals surface area contributed by atoms with Gasteiger partial charge in [0.2, 0.25) is 0 Å². The minimum Gasteiger partial charge on any atom is -0.315 e. The number of rotatable bonds is 9. The third-order valence-corrected chi connectivity index (χ3v) is 4.76. The Bertz CT molecular complexity index is 327. The summed E-state index contributed by atoms with van der Waals surface area (Å²) in [6.07, 6.45) is 3.93. The van der Waals surface area contributed by atoms with Crippen LogP contribution in [0.4, 0.5) is 0 Å². The fraction of sp³-hybridized carbons (Fsp3) is 0.714. The smallest absolute Gasteiger partial charge is 0.0701 e. The third-order valence-electron chi connectivity index (χ3n) is 3.20. The molecular formula is C14H25BrN2S. The average molecular weight is 333 g/mol. The number of nitrogens with one attached hydrogen (secondary N) is 1. The van der Waals surface area contributed by atoms with Crippen molar-refractivity contribution in [1.29, 1.82) is 0 Å². The molecule has 1 rings (SSSR count). The summed E-state index contributed by atoms with van der Waals surface area (Å²) >= 11 is 5.27. The summed E-state index contributed by atoms with van der Waals surface area (Å²) in [5, 5.41) is 5.77. The minimum atomic E-state index is 0.574. The van der Waals surface area contributed by atoms with Gasteiger partial charge in [-0.15, -0.1) is 11.3 Å². The normalized spacial score (nSPS) is 13.2. The molecule has 0 aromatic carbocycles. The molecule has 0 saturated heterocycles. The molecule has 1 unspecified atom stereocenters. The molecule has 1 N–H and O–H groups in total. The maximum absolute atomic E-state index is 3.54. The van der Waals surface area contributed by atoms with Crippen LogP contribution >= 0.6 is 27.3 Å². The van der Waals surface area contributed by atoms with E-state index in [0.29, 0.717) is 6.04 Å². The van der Waals surface area contributed by atoms with E-state index in [1.807, 2.05) is 0 Å². The minimum absolute atomic E-state index is 0.574. The summed E-state index contributed by atoms with van der Waals surface area (Å²) < 4.78 is 1.22. The van der Waals surface area contributed by atoms with Crippen molar-refractivity contribution in [2.24, 2.45) is 0 Å². The first kappa shape index (κ1) is 16.2. The summed E-state index contributed by atoms with van der Waals surface area (Å²) in [5.41, 5.74) is 1.40. The van der Waals surface area contributed by atoms with Gasteiger partial charge in [-0.05, 0) is 59.9 Å². The van der Waals surface area contributed by atoms with Crippen LogP contribution in [0.3, 0.4) is 0 Å². The molecule has 18 heavy (non-hydrogen) atoms. The lowest BCUT2D eigenvalue weighted by Gasteiger charge is -2.24. The Kier molecular flexibility index (Phi) is 8.15. The Morgan fingerprint density at radius 2 is 2.22 bits per heavy atom. The molecule has 0 amide bonds. The van der Waals surface area contributed by atoms with Crippen molar-refractivity contribution in [1.82, 2.24) is 10.2 Å². The number of unbranched alkanes of at least 4 members (excludes halogenated alkanes) is 2. The van der Waals surface area contributed by atoms with Crippen LogP contribution in [0.25, 0.3) is 0 Å². The van der Waals surface area contributed by atoms with Gasteiger partial charge in [-0.3, -0.25) is 4.90 Å². The van der Waals surface area contributed by atoms with Crippen molar-refractivity contribution in [3.63, 3.8) is 0 Å². The quantitative estimate of drug-likeness (QED) is 0.684. The van der Waals surface area contributed by atoms with Crippen LogP contribution in [0.15, 0.2) is 15.2 Å². The van der Waals surface area contributed by atoms with Crippen LogP contribution in [0.2, 0.25) is 0 Å². The summed E-state index contributed by atoms with van der Waals surface area (Å²) in [7, 11) is 2.20. The van der Waals surface area contributed by atoms with Crippen LogP contribution < -0.4 is 5.32 Å². The van der Waals surface area contributed by atoms with Crippen LogP contribution in [0.5, 0.6) is 0 Å². The van der Waals surface area contributed by atoms with E-state index in [9.17, 15) is 0 Å². The van der Waals surface area contributed by atoms with Gasteiger partial charge < -0.3 is 5.32 Å². The Hall–Kier alpha value is 0.100. The summed E-state index contributed by atoms with van der Waals surface area (Å²) in [6.45, 7) is 7.78. The summed E-state index contributed by atoms with van der Waals surface area (Å²) in [4.78, 5) is 2.40. The summed E-state index contributed by atoms with van der Waals surface area (Å²) in [5.74, 6) is 0. The van der Waals surface area contributed by atoms with Gasteiger partial charge in [-0.2, -0.15) is 0 Å². The van der Waals surface area contributed by atoms with Gasteiger partial charge in [0.1, 0.15) is 0 Å². The summed E-state index contributed by atoms with van der Waals surface area (Å²) in [6, 6.07) is 2.79. The predicted octanol–water partition coefficient (Wildman–Crippen LogP) is 4.11. The number of nitrogens with zero attached hydrogens (tertiary/aromatic N) is 1. The fourth-order valence-electron chi connectivity index (χ4n) is 1.84. The Morgan fingerprint density at radius 3 is 2.83 bits per heavy atom. The van der Waals surface area contributed by atoms with Gasteiger partial charge in [-0.1, -0.05) is 19.8 Å². The highest BCUT2D eigenvalue weighted by molar-refractivity contribution is 9.11. The highest BCUT2D eigenvalue weighted by atomic mass is 79.9. The van der Waals surface area contributed by atoms with Crippen molar-refractivity contribution in [2.75, 3.05) is 20.1 Å². The SMILES string of the molecule is CCCCCNCC(C)N(C)Cc1csc(Br)c1. The second kappa shape index (κ2) is 9.08. The molecule has 0 aliphatic heterocycles. The predicted molar refractivity (Wildman–Crippen MR) is 85.3 cm³/mol. The first-order valence-electron chi connectivity index (χ1n) is 6.77. The Morgan fingerprint density at radius 1 is 1.44 bits per heavy atom. The van der Waals surface area contributed by atoms with Crippen LogP contribution in [0, 0.1) is 0 Å². The molecule has 1 aromatic heterocycles. The molecule has 4 heteroatoms.